The monoisotopic (exact) mass is 607 g/mol. The maximum atomic E-state index is 12.6. The normalized spacial score (nSPS) is 12.2. The Bertz CT molecular complexity index is 614. The Labute approximate surface area is 268 Å². The molecule has 0 aliphatic rings. The topological polar surface area (TPSA) is 63.6 Å². The molecule has 254 valence electrons. The van der Waals surface area contributed by atoms with Gasteiger partial charge in [-0.3, -0.25) is 9.59 Å². The summed E-state index contributed by atoms with van der Waals surface area (Å²) in [7, 11) is 0. The Morgan fingerprint density at radius 1 is 0.488 bits per heavy atom. The van der Waals surface area contributed by atoms with E-state index in [9.17, 15) is 9.59 Å². The van der Waals surface area contributed by atoms with Crippen LogP contribution < -0.4 is 0 Å². The zero-order valence-corrected chi connectivity index (χ0v) is 29.0. The zero-order chi connectivity index (χ0) is 31.5. The number of aliphatic carboxylic acids is 1. The predicted octanol–water partition coefficient (Wildman–Crippen LogP) is 13.1. The van der Waals surface area contributed by atoms with Crippen LogP contribution in [0, 0.1) is 0 Å². The van der Waals surface area contributed by atoms with Crippen molar-refractivity contribution < 1.29 is 19.4 Å². The van der Waals surface area contributed by atoms with E-state index in [4.69, 9.17) is 9.84 Å². The molecule has 0 aromatic rings. The van der Waals surface area contributed by atoms with Gasteiger partial charge in [0.25, 0.3) is 0 Å². The number of carboxylic acids is 1. The first kappa shape index (κ1) is 41.7. The predicted molar refractivity (Wildman–Crippen MR) is 186 cm³/mol. The fraction of sp³-hybridized carbons (Fsp3) is 0.897. The second kappa shape index (κ2) is 35.2. The van der Waals surface area contributed by atoms with Crippen LogP contribution in [0.2, 0.25) is 0 Å². The first-order chi connectivity index (χ1) is 21.1. The van der Waals surface area contributed by atoms with Gasteiger partial charge in [-0.15, -0.1) is 0 Å². The molecular formula is C39H74O4. The Hall–Kier alpha value is -1.32. The molecule has 0 aromatic carbocycles. The number of rotatable bonds is 35. The van der Waals surface area contributed by atoms with Crippen LogP contribution in [0.3, 0.4) is 0 Å². The van der Waals surface area contributed by atoms with Crippen molar-refractivity contribution in [2.24, 2.45) is 0 Å². The van der Waals surface area contributed by atoms with Crippen LogP contribution in [0.1, 0.15) is 219 Å². The number of hydrogen-bond donors (Lipinski definition) is 1. The zero-order valence-electron chi connectivity index (χ0n) is 29.0. The number of allylic oxidation sites excluding steroid dienone is 2. The highest BCUT2D eigenvalue weighted by atomic mass is 16.5. The van der Waals surface area contributed by atoms with Gasteiger partial charge in [0.15, 0.2) is 0 Å². The maximum absolute atomic E-state index is 12.6. The fourth-order valence-corrected chi connectivity index (χ4v) is 5.87. The molecule has 4 heteroatoms. The van der Waals surface area contributed by atoms with E-state index < -0.39 is 5.97 Å². The quantitative estimate of drug-likeness (QED) is 0.0443. The standard InChI is InChI=1S/C39H74O4/c1-3-5-7-9-11-13-15-16-17-19-20-22-25-29-33-37(34-30-26-24-27-31-35-38(40)41)43-39(42)36-32-28-23-21-18-14-12-10-8-6-4-2/h10,12,37H,3-9,11,13-36H2,1-2H3,(H,40,41)/b12-10-. The third-order valence-electron chi connectivity index (χ3n) is 8.74. The van der Waals surface area contributed by atoms with Crippen LogP contribution in [0.25, 0.3) is 0 Å². The second-order valence-electron chi connectivity index (χ2n) is 13.1. The van der Waals surface area contributed by atoms with E-state index in [0.717, 1.165) is 64.2 Å². The number of carbonyl (C=O) groups is 2. The SMILES string of the molecule is CCCC/C=C\CCCCCCCC(=O)OC(CCCCCCCCCCCCCCCC)CCCCCCCC(=O)O. The van der Waals surface area contributed by atoms with Crippen molar-refractivity contribution in [3.63, 3.8) is 0 Å². The molecule has 43 heavy (non-hydrogen) atoms. The van der Waals surface area contributed by atoms with Crippen molar-refractivity contribution in [1.82, 2.24) is 0 Å². The van der Waals surface area contributed by atoms with E-state index in [2.05, 4.69) is 26.0 Å². The molecule has 0 saturated carbocycles. The van der Waals surface area contributed by atoms with Gasteiger partial charge in [-0.2, -0.15) is 0 Å². The lowest BCUT2D eigenvalue weighted by molar-refractivity contribution is -0.150. The summed E-state index contributed by atoms with van der Waals surface area (Å²) in [6, 6.07) is 0. The van der Waals surface area contributed by atoms with Gasteiger partial charge in [-0.25, -0.2) is 0 Å². The highest BCUT2D eigenvalue weighted by Gasteiger charge is 2.14. The summed E-state index contributed by atoms with van der Waals surface area (Å²) >= 11 is 0. The Morgan fingerprint density at radius 3 is 1.33 bits per heavy atom. The van der Waals surface area contributed by atoms with Gasteiger partial charge >= 0.3 is 11.9 Å². The van der Waals surface area contributed by atoms with E-state index in [1.165, 1.54) is 128 Å². The summed E-state index contributed by atoms with van der Waals surface area (Å²) in [6.45, 7) is 4.52. The third kappa shape index (κ3) is 35.0. The molecule has 0 bridgehead atoms. The molecule has 4 nitrogen and oxygen atoms in total. The molecule has 0 heterocycles. The molecule has 0 radical (unpaired) electrons. The van der Waals surface area contributed by atoms with Gasteiger partial charge in [0, 0.05) is 12.8 Å². The molecule has 0 aromatic heterocycles. The number of esters is 1. The van der Waals surface area contributed by atoms with Crippen LogP contribution in [-0.2, 0) is 14.3 Å². The van der Waals surface area contributed by atoms with Crippen LogP contribution in [-0.4, -0.2) is 23.1 Å². The van der Waals surface area contributed by atoms with Gasteiger partial charge in [-0.05, 0) is 57.8 Å². The number of carbonyl (C=O) groups excluding carboxylic acids is 1. The lowest BCUT2D eigenvalue weighted by Gasteiger charge is -2.18. The van der Waals surface area contributed by atoms with E-state index in [0.29, 0.717) is 6.42 Å². The highest BCUT2D eigenvalue weighted by molar-refractivity contribution is 5.69. The van der Waals surface area contributed by atoms with Gasteiger partial charge in [0.1, 0.15) is 6.10 Å². The average molecular weight is 607 g/mol. The van der Waals surface area contributed by atoms with E-state index in [-0.39, 0.29) is 18.5 Å². The molecule has 0 spiro atoms. The smallest absolute Gasteiger partial charge is 0.306 e. The highest BCUT2D eigenvalue weighted by Crippen LogP contribution is 2.19. The van der Waals surface area contributed by atoms with Gasteiger partial charge in [-0.1, -0.05) is 161 Å². The largest absolute Gasteiger partial charge is 0.481 e. The van der Waals surface area contributed by atoms with Crippen molar-refractivity contribution >= 4 is 11.9 Å². The summed E-state index contributed by atoms with van der Waals surface area (Å²) in [4.78, 5) is 23.3. The first-order valence-corrected chi connectivity index (χ1v) is 19.2. The van der Waals surface area contributed by atoms with Crippen molar-refractivity contribution in [3.8, 4) is 0 Å². The third-order valence-corrected chi connectivity index (χ3v) is 8.74. The molecule has 1 atom stereocenters. The minimum atomic E-state index is -0.699. The molecule has 1 N–H and O–H groups in total. The fourth-order valence-electron chi connectivity index (χ4n) is 5.87. The number of carboxylic acid groups (broad SMARTS) is 1. The summed E-state index contributed by atoms with van der Waals surface area (Å²) in [5.41, 5.74) is 0. The molecule has 0 fully saturated rings. The van der Waals surface area contributed by atoms with Crippen LogP contribution in [0.5, 0.6) is 0 Å². The molecule has 0 aliphatic carbocycles. The molecule has 1 unspecified atom stereocenters. The lowest BCUT2D eigenvalue weighted by Crippen LogP contribution is -2.18. The second-order valence-corrected chi connectivity index (χ2v) is 13.1. The Morgan fingerprint density at radius 2 is 0.860 bits per heavy atom. The minimum absolute atomic E-state index is 0.00400. The van der Waals surface area contributed by atoms with Gasteiger partial charge in [0.2, 0.25) is 0 Å². The number of ether oxygens (including phenoxy) is 1. The van der Waals surface area contributed by atoms with E-state index >= 15 is 0 Å². The number of unbranched alkanes of at least 4 members (excludes halogenated alkanes) is 24. The lowest BCUT2D eigenvalue weighted by atomic mass is 10.0. The number of hydrogen-bond acceptors (Lipinski definition) is 3. The van der Waals surface area contributed by atoms with Crippen molar-refractivity contribution in [1.29, 1.82) is 0 Å². The van der Waals surface area contributed by atoms with E-state index in [1.54, 1.807) is 0 Å². The summed E-state index contributed by atoms with van der Waals surface area (Å²) < 4.78 is 5.99. The van der Waals surface area contributed by atoms with Gasteiger partial charge in [0.05, 0.1) is 0 Å². The first-order valence-electron chi connectivity index (χ1n) is 19.2. The van der Waals surface area contributed by atoms with Gasteiger partial charge < -0.3 is 9.84 Å². The molecule has 0 saturated heterocycles. The summed E-state index contributed by atoms with van der Waals surface area (Å²) in [5, 5.41) is 8.81. The molecular weight excluding hydrogens is 532 g/mol. The van der Waals surface area contributed by atoms with E-state index in [1.807, 2.05) is 0 Å². The van der Waals surface area contributed by atoms with Crippen molar-refractivity contribution in [2.45, 2.75) is 225 Å². The molecule has 0 amide bonds. The Balaban J connectivity index is 4.03. The minimum Gasteiger partial charge on any atom is -0.481 e. The van der Waals surface area contributed by atoms with Crippen LogP contribution >= 0.6 is 0 Å². The molecule has 0 rings (SSSR count). The molecule has 0 aliphatic heterocycles. The van der Waals surface area contributed by atoms with Crippen LogP contribution in [0.15, 0.2) is 12.2 Å². The van der Waals surface area contributed by atoms with Crippen molar-refractivity contribution in [3.05, 3.63) is 12.2 Å². The average Bonchev–Trinajstić information content (AvgIpc) is 2.99. The van der Waals surface area contributed by atoms with Crippen LogP contribution in [0.4, 0.5) is 0 Å². The Kier molecular flexibility index (Phi) is 34.1. The summed E-state index contributed by atoms with van der Waals surface area (Å²) in [6.07, 6.45) is 42.2. The van der Waals surface area contributed by atoms with Crippen molar-refractivity contribution in [2.75, 3.05) is 0 Å². The summed E-state index contributed by atoms with van der Waals surface area (Å²) in [5.74, 6) is -0.703. The maximum Gasteiger partial charge on any atom is 0.306 e.